The minimum atomic E-state index is 0.961. The quantitative estimate of drug-likeness (QED) is 0.315. The molecule has 16 atom stereocenters. The van der Waals surface area contributed by atoms with E-state index in [-0.39, 0.29) is 0 Å². The highest BCUT2D eigenvalue weighted by molar-refractivity contribution is 8.01. The van der Waals surface area contributed by atoms with Crippen molar-refractivity contribution in [1.82, 2.24) is 9.80 Å². The molecule has 6 aliphatic heterocycles. The largest absolute Gasteiger partial charge is 0.292 e. The average molecular weight is 535 g/mol. The third kappa shape index (κ3) is 2.67. The van der Waals surface area contributed by atoms with Gasteiger partial charge in [0, 0.05) is 57.3 Å². The fourth-order valence-electron chi connectivity index (χ4n) is 15.1. The summed E-state index contributed by atoms with van der Waals surface area (Å²) in [5.74, 6) is 7.43. The van der Waals surface area contributed by atoms with Crippen molar-refractivity contribution >= 4 is 30.2 Å². The van der Waals surface area contributed by atoms with Gasteiger partial charge in [-0.2, -0.15) is 23.5 Å². The van der Waals surface area contributed by atoms with Crippen molar-refractivity contribution < 1.29 is 0 Å². The summed E-state index contributed by atoms with van der Waals surface area (Å²) in [6.45, 7) is 1.10. The molecule has 2 nitrogen and oxygen atoms in total. The van der Waals surface area contributed by atoms with Crippen LogP contribution < -0.4 is 0 Å². The predicted octanol–water partition coefficient (Wildman–Crippen LogP) is 6.81. The van der Waals surface area contributed by atoms with E-state index in [4.69, 9.17) is 0 Å². The van der Waals surface area contributed by atoms with Crippen molar-refractivity contribution in [2.24, 2.45) is 23.7 Å². The summed E-state index contributed by atoms with van der Waals surface area (Å²) in [4.78, 5) is 6.93. The summed E-state index contributed by atoms with van der Waals surface area (Å²) >= 11 is 5.20. The van der Waals surface area contributed by atoms with E-state index in [2.05, 4.69) is 33.3 Å². The molecular weight excluding hydrogens is 487 g/mol. The fourth-order valence-corrected chi connectivity index (χ4v) is 19.3. The van der Waals surface area contributed by atoms with Crippen LogP contribution in [-0.2, 0) is 0 Å². The molecule has 6 heterocycles. The first kappa shape index (κ1) is 22.3. The van der Waals surface area contributed by atoms with Gasteiger partial charge in [0.1, 0.15) is 0 Å². The maximum Gasteiger partial charge on any atom is 0.157 e. The standard InChI is InChI=1S/C32H47BN2S2/c1-5-16-13-18-7-3-11-22-29(18)34-27(16)20(9-1)33-21-10-2-6-17-14-19-8-4-12-23-30(19)35(28(17)21)32-25(37-23)15-24(36-22)31(34)26(32)33/h16-32H,1-15H2. The third-order valence-corrected chi connectivity index (χ3v) is 18.7. The lowest BCUT2D eigenvalue weighted by Gasteiger charge is -2.78. The van der Waals surface area contributed by atoms with Crippen LogP contribution in [0, 0.1) is 23.7 Å². The number of hydrogen-bond acceptors (Lipinski definition) is 4. The molecule has 5 aliphatic carbocycles. The van der Waals surface area contributed by atoms with E-state index < -0.39 is 0 Å². The van der Waals surface area contributed by atoms with Crippen LogP contribution in [0.1, 0.15) is 96.3 Å². The van der Waals surface area contributed by atoms with Crippen molar-refractivity contribution in [3.8, 4) is 0 Å². The van der Waals surface area contributed by atoms with Crippen molar-refractivity contribution in [1.29, 1.82) is 0 Å². The number of hydrogen-bond donors (Lipinski definition) is 0. The molecule has 0 amide bonds. The third-order valence-electron chi connectivity index (χ3n) is 15.3. The van der Waals surface area contributed by atoms with E-state index in [1.165, 1.54) is 0 Å². The molecule has 37 heavy (non-hydrogen) atoms. The lowest BCUT2D eigenvalue weighted by molar-refractivity contribution is -0.128. The molecule has 16 unspecified atom stereocenters. The number of nitrogens with zero attached hydrogens (tertiary/aromatic N) is 2. The lowest BCUT2D eigenvalue weighted by atomic mass is 9.17. The molecule has 0 aromatic rings. The topological polar surface area (TPSA) is 6.48 Å². The molecule has 11 rings (SSSR count). The molecule has 200 valence electrons. The number of thioether (sulfide) groups is 2. The summed E-state index contributed by atoms with van der Waals surface area (Å²) < 4.78 is 0. The van der Waals surface area contributed by atoms with Crippen molar-refractivity contribution in [3.63, 3.8) is 0 Å². The van der Waals surface area contributed by atoms with Crippen LogP contribution in [0.3, 0.4) is 0 Å². The second-order valence-corrected chi connectivity index (χ2v) is 19.2. The first-order valence-electron chi connectivity index (χ1n) is 17.2. The molecule has 0 bridgehead atoms. The molecule has 6 saturated heterocycles. The Labute approximate surface area is 234 Å². The Bertz CT molecular complexity index is 920. The second-order valence-electron chi connectivity index (χ2n) is 16.2. The van der Waals surface area contributed by atoms with Crippen LogP contribution in [0.4, 0.5) is 0 Å². The Hall–Kier alpha value is 0.685. The highest BCUT2D eigenvalue weighted by Crippen LogP contribution is 2.71. The number of fused-ring (bicyclic) bond motifs is 2. The molecule has 0 spiro atoms. The fraction of sp³-hybridized carbons (Fsp3) is 1.00. The van der Waals surface area contributed by atoms with E-state index in [0.717, 1.165) is 105 Å². The monoisotopic (exact) mass is 534 g/mol. The van der Waals surface area contributed by atoms with Crippen LogP contribution >= 0.6 is 23.5 Å². The molecule has 5 saturated carbocycles. The van der Waals surface area contributed by atoms with E-state index >= 15 is 0 Å². The summed E-state index contributed by atoms with van der Waals surface area (Å²) in [6.07, 6.45) is 23.7. The normalized spacial score (nSPS) is 64.5. The van der Waals surface area contributed by atoms with E-state index in [9.17, 15) is 0 Å². The Morgan fingerprint density at radius 1 is 0.432 bits per heavy atom. The van der Waals surface area contributed by atoms with Crippen molar-refractivity contribution in [3.05, 3.63) is 0 Å². The van der Waals surface area contributed by atoms with Crippen molar-refractivity contribution in [2.45, 2.75) is 171 Å². The van der Waals surface area contributed by atoms with Gasteiger partial charge in [-0.3, -0.25) is 9.80 Å². The summed E-state index contributed by atoms with van der Waals surface area (Å²) in [5.41, 5.74) is 0. The molecular formula is C32H47BN2S2. The molecule has 11 aliphatic rings. The molecule has 0 radical (unpaired) electrons. The Balaban J connectivity index is 1.11. The van der Waals surface area contributed by atoms with E-state index in [1.807, 2.05) is 0 Å². The van der Waals surface area contributed by atoms with Gasteiger partial charge in [-0.05, 0) is 98.9 Å². The number of piperidine rings is 2. The molecule has 11 fully saturated rings. The zero-order valence-electron chi connectivity index (χ0n) is 22.7. The van der Waals surface area contributed by atoms with Crippen LogP contribution in [0.25, 0.3) is 0 Å². The average Bonchev–Trinajstić information content (AvgIpc) is 2.93. The van der Waals surface area contributed by atoms with Crippen LogP contribution in [0.2, 0.25) is 17.5 Å². The Morgan fingerprint density at radius 3 is 1.41 bits per heavy atom. The van der Waals surface area contributed by atoms with Crippen LogP contribution in [0.15, 0.2) is 0 Å². The SMILES string of the molecule is C1CC2CC3CCCC4B5C6CCCC7CC8CCCC9SC%10CC%11SC(C1)C2N(C34)C%11C5C%10N(C89)C76. The van der Waals surface area contributed by atoms with Crippen LogP contribution in [0.5, 0.6) is 0 Å². The Kier molecular flexibility index (Phi) is 4.67. The smallest absolute Gasteiger partial charge is 0.157 e. The van der Waals surface area contributed by atoms with E-state index in [0.29, 0.717) is 0 Å². The van der Waals surface area contributed by atoms with Gasteiger partial charge < -0.3 is 0 Å². The second kappa shape index (κ2) is 7.74. The van der Waals surface area contributed by atoms with Gasteiger partial charge in [-0.1, -0.05) is 38.5 Å². The highest BCUT2D eigenvalue weighted by Gasteiger charge is 2.73. The highest BCUT2D eigenvalue weighted by atomic mass is 32.2. The van der Waals surface area contributed by atoms with Gasteiger partial charge in [-0.15, -0.1) is 0 Å². The van der Waals surface area contributed by atoms with Gasteiger partial charge in [0.15, 0.2) is 6.71 Å². The minimum absolute atomic E-state index is 0.961. The molecule has 0 N–H and O–H groups in total. The molecule has 5 heteroatoms. The van der Waals surface area contributed by atoms with Gasteiger partial charge in [-0.25, -0.2) is 0 Å². The van der Waals surface area contributed by atoms with Gasteiger partial charge in [0.2, 0.25) is 0 Å². The summed E-state index contributed by atoms with van der Waals surface area (Å²) in [6, 6.07) is 5.88. The first-order valence-corrected chi connectivity index (χ1v) is 19.1. The van der Waals surface area contributed by atoms with Gasteiger partial charge >= 0.3 is 0 Å². The first-order chi connectivity index (χ1) is 18.3. The maximum absolute atomic E-state index is 3.46. The zero-order chi connectivity index (χ0) is 23.6. The summed E-state index contributed by atoms with van der Waals surface area (Å²) in [7, 11) is 0. The minimum Gasteiger partial charge on any atom is -0.292 e. The molecule has 0 aromatic heterocycles. The zero-order valence-corrected chi connectivity index (χ0v) is 24.3. The summed E-state index contributed by atoms with van der Waals surface area (Å²) in [5, 5.41) is 3.92. The van der Waals surface area contributed by atoms with Gasteiger partial charge in [0.25, 0.3) is 0 Å². The van der Waals surface area contributed by atoms with E-state index in [1.54, 1.807) is 96.3 Å². The predicted molar refractivity (Wildman–Crippen MR) is 157 cm³/mol. The number of rotatable bonds is 0. The Morgan fingerprint density at radius 2 is 0.892 bits per heavy atom. The van der Waals surface area contributed by atoms with Gasteiger partial charge in [0.05, 0.1) is 0 Å². The maximum atomic E-state index is 3.46. The van der Waals surface area contributed by atoms with Crippen molar-refractivity contribution in [2.75, 3.05) is 0 Å². The van der Waals surface area contributed by atoms with Crippen LogP contribution in [-0.4, -0.2) is 73.8 Å². The molecule has 0 aromatic carbocycles. The lowest BCUT2D eigenvalue weighted by Crippen LogP contribution is -2.84.